The molecule has 7 nitrogen and oxygen atoms in total. The second kappa shape index (κ2) is 7.56. The highest BCUT2D eigenvalue weighted by atomic mass is 35.5. The number of halogens is 1. The lowest BCUT2D eigenvalue weighted by molar-refractivity contribution is 0.0696. The van der Waals surface area contributed by atoms with Gasteiger partial charge in [0.1, 0.15) is 5.82 Å². The molecule has 30 heavy (non-hydrogen) atoms. The Kier molecular flexibility index (Phi) is 5.20. The number of aromatic carboxylic acids is 1. The predicted octanol–water partition coefficient (Wildman–Crippen LogP) is 3.86. The third kappa shape index (κ3) is 3.63. The third-order valence-corrected chi connectivity index (χ3v) is 6.79. The number of hydrogen-bond donors (Lipinski definition) is 2. The number of aromatic nitrogens is 1. The van der Waals surface area contributed by atoms with Gasteiger partial charge < -0.3 is 15.7 Å². The summed E-state index contributed by atoms with van der Waals surface area (Å²) < 4.78 is 0. The number of hydrogen-bond acceptors (Lipinski definition) is 4. The molecular weight excluding hydrogens is 404 g/mol. The van der Waals surface area contributed by atoms with Crippen LogP contribution in [0.4, 0.5) is 10.6 Å². The Hall–Kier alpha value is -2.64. The molecule has 1 saturated heterocycles. The summed E-state index contributed by atoms with van der Waals surface area (Å²) in [5.74, 6) is -0.567. The van der Waals surface area contributed by atoms with Gasteiger partial charge in [-0.3, -0.25) is 4.90 Å². The van der Waals surface area contributed by atoms with Gasteiger partial charge in [0, 0.05) is 35.4 Å². The van der Waals surface area contributed by atoms with Crippen LogP contribution in [0.5, 0.6) is 0 Å². The van der Waals surface area contributed by atoms with Crippen LogP contribution in [0, 0.1) is 0 Å². The molecule has 1 aromatic carbocycles. The number of nitrogens with two attached hydrogens (primary N) is 1. The summed E-state index contributed by atoms with van der Waals surface area (Å²) in [6.07, 6.45) is 4.39. The molecule has 1 saturated carbocycles. The van der Waals surface area contributed by atoms with E-state index < -0.39 is 11.5 Å². The Bertz CT molecular complexity index is 971. The summed E-state index contributed by atoms with van der Waals surface area (Å²) in [5, 5.41) is 9.71. The Balaban J connectivity index is 1.47. The van der Waals surface area contributed by atoms with E-state index >= 15 is 0 Å². The van der Waals surface area contributed by atoms with Crippen molar-refractivity contribution in [3.8, 4) is 0 Å². The number of carbonyl (C=O) groups is 2. The number of carboxylic acids is 1. The fourth-order valence-corrected chi connectivity index (χ4v) is 4.70. The van der Waals surface area contributed by atoms with Gasteiger partial charge in [-0.2, -0.15) is 0 Å². The monoisotopic (exact) mass is 428 g/mol. The van der Waals surface area contributed by atoms with Crippen LogP contribution in [-0.2, 0) is 5.54 Å². The zero-order valence-electron chi connectivity index (χ0n) is 16.8. The van der Waals surface area contributed by atoms with Gasteiger partial charge in [-0.1, -0.05) is 23.7 Å². The maximum atomic E-state index is 13.2. The minimum Gasteiger partial charge on any atom is -0.478 e. The molecule has 0 unspecified atom stereocenters. The quantitative estimate of drug-likeness (QED) is 0.770. The number of pyridine rings is 1. The summed E-state index contributed by atoms with van der Waals surface area (Å²) >= 11 is 6.15. The molecule has 1 aliphatic carbocycles. The molecule has 2 heterocycles. The first kappa shape index (κ1) is 20.6. The number of rotatable bonds is 4. The lowest BCUT2D eigenvalue weighted by Gasteiger charge is -2.47. The largest absolute Gasteiger partial charge is 0.478 e. The van der Waals surface area contributed by atoms with Gasteiger partial charge in [-0.15, -0.1) is 0 Å². The molecule has 0 atom stereocenters. The molecule has 3 N–H and O–H groups in total. The van der Waals surface area contributed by atoms with Gasteiger partial charge in [0.05, 0.1) is 5.56 Å². The highest BCUT2D eigenvalue weighted by Gasteiger charge is 2.47. The van der Waals surface area contributed by atoms with E-state index in [2.05, 4.69) is 11.9 Å². The number of urea groups is 1. The van der Waals surface area contributed by atoms with Crippen LogP contribution in [0.1, 0.15) is 48.5 Å². The minimum absolute atomic E-state index is 0.0969. The van der Waals surface area contributed by atoms with E-state index in [9.17, 15) is 9.59 Å². The Morgan fingerprint density at radius 2 is 1.90 bits per heavy atom. The van der Waals surface area contributed by atoms with Gasteiger partial charge in [0.15, 0.2) is 0 Å². The first-order valence-electron chi connectivity index (χ1n) is 10.1. The number of benzene rings is 1. The molecule has 2 aromatic rings. The van der Waals surface area contributed by atoms with E-state index in [1.165, 1.54) is 12.3 Å². The fraction of sp³-hybridized carbons (Fsp3) is 0.409. The number of carbonyl (C=O) groups excluding carboxylic acids is 1. The van der Waals surface area contributed by atoms with Gasteiger partial charge >= 0.3 is 12.0 Å². The number of amides is 2. The number of carboxylic acid groups (broad SMARTS) is 1. The van der Waals surface area contributed by atoms with Crippen LogP contribution in [0.15, 0.2) is 42.6 Å². The SMILES string of the molecule is CC1(N2CCN(c3ccc(C(=O)O)cn3)C2=O)CCC(N)(c2cccc(Cl)c2)CC1. The molecule has 8 heteroatoms. The predicted molar refractivity (Wildman–Crippen MR) is 115 cm³/mol. The number of anilines is 1. The van der Waals surface area contributed by atoms with E-state index in [0.29, 0.717) is 23.9 Å². The minimum atomic E-state index is -1.04. The normalized spacial score (nSPS) is 26.8. The average molecular weight is 429 g/mol. The highest BCUT2D eigenvalue weighted by Crippen LogP contribution is 2.43. The van der Waals surface area contributed by atoms with Crippen molar-refractivity contribution in [2.24, 2.45) is 5.73 Å². The van der Waals surface area contributed by atoms with E-state index in [1.54, 1.807) is 11.0 Å². The van der Waals surface area contributed by atoms with Crippen LogP contribution in [0.2, 0.25) is 5.02 Å². The number of nitrogens with zero attached hydrogens (tertiary/aromatic N) is 3. The van der Waals surface area contributed by atoms with E-state index in [0.717, 1.165) is 31.2 Å². The van der Waals surface area contributed by atoms with Crippen molar-refractivity contribution in [2.45, 2.75) is 43.7 Å². The zero-order valence-corrected chi connectivity index (χ0v) is 17.6. The van der Waals surface area contributed by atoms with Gasteiger partial charge in [0.2, 0.25) is 0 Å². The van der Waals surface area contributed by atoms with Crippen LogP contribution in [0.3, 0.4) is 0 Å². The zero-order chi connectivity index (χ0) is 21.5. The molecular formula is C22H25ClN4O3. The smallest absolute Gasteiger partial charge is 0.337 e. The van der Waals surface area contributed by atoms with Crippen molar-refractivity contribution in [1.29, 1.82) is 0 Å². The van der Waals surface area contributed by atoms with Crippen molar-refractivity contribution in [3.63, 3.8) is 0 Å². The summed E-state index contributed by atoms with van der Waals surface area (Å²) in [5.41, 5.74) is 7.14. The Labute approximate surface area is 180 Å². The molecule has 1 aliphatic heterocycles. The van der Waals surface area contributed by atoms with Crippen LogP contribution in [0.25, 0.3) is 0 Å². The molecule has 4 rings (SSSR count). The lowest BCUT2D eigenvalue weighted by atomic mass is 9.70. The van der Waals surface area contributed by atoms with E-state index in [1.807, 2.05) is 29.2 Å². The van der Waals surface area contributed by atoms with Crippen LogP contribution >= 0.6 is 11.6 Å². The molecule has 0 bridgehead atoms. The van der Waals surface area contributed by atoms with Crippen molar-refractivity contribution in [2.75, 3.05) is 18.0 Å². The second-order valence-electron chi connectivity index (χ2n) is 8.46. The molecule has 1 aromatic heterocycles. The Morgan fingerprint density at radius 1 is 1.17 bits per heavy atom. The molecule has 158 valence electrons. The Morgan fingerprint density at radius 3 is 2.50 bits per heavy atom. The summed E-state index contributed by atoms with van der Waals surface area (Å²) in [4.78, 5) is 31.9. The van der Waals surface area contributed by atoms with Gasteiger partial charge in [-0.25, -0.2) is 14.6 Å². The molecule has 2 amide bonds. The fourth-order valence-electron chi connectivity index (χ4n) is 4.51. The summed E-state index contributed by atoms with van der Waals surface area (Å²) in [6, 6.07) is 10.7. The van der Waals surface area contributed by atoms with Crippen molar-refractivity contribution in [3.05, 3.63) is 58.7 Å². The van der Waals surface area contributed by atoms with Crippen molar-refractivity contribution < 1.29 is 14.7 Å². The van der Waals surface area contributed by atoms with Gasteiger partial charge in [0.25, 0.3) is 0 Å². The van der Waals surface area contributed by atoms with Crippen LogP contribution < -0.4 is 10.6 Å². The van der Waals surface area contributed by atoms with Crippen LogP contribution in [-0.4, -0.2) is 45.6 Å². The van der Waals surface area contributed by atoms with E-state index in [-0.39, 0.29) is 17.1 Å². The topological polar surface area (TPSA) is 99.8 Å². The first-order chi connectivity index (χ1) is 14.2. The molecule has 2 fully saturated rings. The van der Waals surface area contributed by atoms with Gasteiger partial charge in [-0.05, 0) is 62.4 Å². The maximum absolute atomic E-state index is 13.2. The van der Waals surface area contributed by atoms with Crippen molar-refractivity contribution >= 4 is 29.4 Å². The average Bonchev–Trinajstić information content (AvgIpc) is 3.13. The maximum Gasteiger partial charge on any atom is 0.337 e. The second-order valence-corrected chi connectivity index (χ2v) is 8.90. The molecule has 0 radical (unpaired) electrons. The first-order valence-corrected chi connectivity index (χ1v) is 10.4. The molecule has 2 aliphatic rings. The lowest BCUT2D eigenvalue weighted by Crippen LogP contribution is -2.54. The highest BCUT2D eigenvalue weighted by molar-refractivity contribution is 6.30. The molecule has 0 spiro atoms. The van der Waals surface area contributed by atoms with Crippen molar-refractivity contribution in [1.82, 2.24) is 9.88 Å². The summed E-state index contributed by atoms with van der Waals surface area (Å²) in [6.45, 7) is 3.25. The summed E-state index contributed by atoms with van der Waals surface area (Å²) in [7, 11) is 0. The third-order valence-electron chi connectivity index (χ3n) is 6.55. The van der Waals surface area contributed by atoms with E-state index in [4.69, 9.17) is 22.4 Å². The standard InChI is InChI=1S/C22H25ClN4O3/c1-21(7-9-22(24,10-8-21)16-3-2-4-17(23)13-16)27-12-11-26(20(27)30)18-6-5-15(14-25-18)19(28)29/h2-6,13-14H,7-12,24H2,1H3,(H,28,29).